The molecule has 4 rings (SSSR count). The second-order valence-corrected chi connectivity index (χ2v) is 8.11. The molecule has 1 amide bonds. The van der Waals surface area contributed by atoms with Crippen molar-refractivity contribution in [3.63, 3.8) is 0 Å². The molecule has 2 aromatic rings. The molecule has 0 aromatic carbocycles. The van der Waals surface area contributed by atoms with Crippen LogP contribution in [0.5, 0.6) is 0 Å². The van der Waals surface area contributed by atoms with E-state index in [-0.39, 0.29) is 5.92 Å². The molecule has 0 radical (unpaired) electrons. The summed E-state index contributed by atoms with van der Waals surface area (Å²) < 4.78 is 3.94. The standard InChI is InChI=1S/C20H30N6O/c1-24-18(15-26-13-5-11-21-26)22-23-20(24)17-8-4-12-25(14-17)19(27)10-9-16-6-2-3-7-16/h5,11,13,16-17H,2-4,6-10,12,14-15H2,1H3. The molecule has 0 spiro atoms. The molecule has 7 nitrogen and oxygen atoms in total. The summed E-state index contributed by atoms with van der Waals surface area (Å²) in [6.07, 6.45) is 12.9. The van der Waals surface area contributed by atoms with E-state index < -0.39 is 0 Å². The van der Waals surface area contributed by atoms with Gasteiger partial charge < -0.3 is 9.47 Å². The van der Waals surface area contributed by atoms with Crippen LogP contribution in [0.15, 0.2) is 18.5 Å². The predicted octanol–water partition coefficient (Wildman–Crippen LogP) is 2.74. The van der Waals surface area contributed by atoms with Crippen molar-refractivity contribution in [1.82, 2.24) is 29.4 Å². The van der Waals surface area contributed by atoms with Gasteiger partial charge in [0.25, 0.3) is 0 Å². The molecule has 0 bridgehead atoms. The summed E-state index contributed by atoms with van der Waals surface area (Å²) in [5.41, 5.74) is 0. The van der Waals surface area contributed by atoms with Crippen LogP contribution in [-0.2, 0) is 18.4 Å². The lowest BCUT2D eigenvalue weighted by molar-refractivity contribution is -0.132. The van der Waals surface area contributed by atoms with E-state index in [2.05, 4.69) is 24.8 Å². The maximum Gasteiger partial charge on any atom is 0.222 e. The number of aromatic nitrogens is 5. The summed E-state index contributed by atoms with van der Waals surface area (Å²) in [6.45, 7) is 2.28. The van der Waals surface area contributed by atoms with Gasteiger partial charge in [-0.05, 0) is 31.2 Å². The second-order valence-electron chi connectivity index (χ2n) is 8.11. The topological polar surface area (TPSA) is 68.8 Å². The fraction of sp³-hybridized carbons (Fsp3) is 0.700. The lowest BCUT2D eigenvalue weighted by Gasteiger charge is -2.32. The second kappa shape index (κ2) is 8.23. The number of piperidine rings is 1. The Bertz CT molecular complexity index is 747. The molecule has 3 heterocycles. The molecule has 1 saturated heterocycles. The monoisotopic (exact) mass is 370 g/mol. The van der Waals surface area contributed by atoms with E-state index in [1.54, 1.807) is 6.20 Å². The van der Waals surface area contributed by atoms with Gasteiger partial charge in [-0.3, -0.25) is 9.48 Å². The number of likely N-dealkylation sites (tertiary alicyclic amines) is 1. The number of hydrogen-bond donors (Lipinski definition) is 0. The molecule has 0 N–H and O–H groups in total. The van der Waals surface area contributed by atoms with Crippen LogP contribution in [0.4, 0.5) is 0 Å². The zero-order valence-electron chi connectivity index (χ0n) is 16.3. The maximum absolute atomic E-state index is 12.7. The minimum Gasteiger partial charge on any atom is -0.342 e. The molecule has 2 fully saturated rings. The molecule has 1 saturated carbocycles. The van der Waals surface area contributed by atoms with Crippen molar-refractivity contribution < 1.29 is 4.79 Å². The van der Waals surface area contributed by atoms with Gasteiger partial charge in [-0.15, -0.1) is 10.2 Å². The highest BCUT2D eigenvalue weighted by molar-refractivity contribution is 5.76. The van der Waals surface area contributed by atoms with Gasteiger partial charge >= 0.3 is 0 Å². The Labute approximate surface area is 160 Å². The van der Waals surface area contributed by atoms with E-state index in [0.717, 1.165) is 49.9 Å². The first-order valence-corrected chi connectivity index (χ1v) is 10.3. The lowest BCUT2D eigenvalue weighted by Crippen LogP contribution is -2.39. The summed E-state index contributed by atoms with van der Waals surface area (Å²) in [6, 6.07) is 1.91. The van der Waals surface area contributed by atoms with Crippen molar-refractivity contribution in [3.8, 4) is 0 Å². The van der Waals surface area contributed by atoms with Crippen LogP contribution in [-0.4, -0.2) is 48.4 Å². The molecule has 27 heavy (non-hydrogen) atoms. The van der Waals surface area contributed by atoms with Gasteiger partial charge in [0.1, 0.15) is 12.4 Å². The third kappa shape index (κ3) is 4.22. The Morgan fingerprint density at radius 1 is 1.19 bits per heavy atom. The molecule has 1 unspecified atom stereocenters. The Morgan fingerprint density at radius 2 is 2.04 bits per heavy atom. The van der Waals surface area contributed by atoms with Crippen molar-refractivity contribution in [2.24, 2.45) is 13.0 Å². The van der Waals surface area contributed by atoms with Crippen LogP contribution in [0.3, 0.4) is 0 Å². The SMILES string of the molecule is Cn1c(Cn2cccn2)nnc1C1CCCN(C(=O)CCC2CCCC2)C1. The van der Waals surface area contributed by atoms with Gasteiger partial charge in [-0.1, -0.05) is 25.7 Å². The largest absolute Gasteiger partial charge is 0.342 e. The normalized spacial score (nSPS) is 21.1. The van der Waals surface area contributed by atoms with E-state index in [9.17, 15) is 4.79 Å². The van der Waals surface area contributed by atoms with Crippen LogP contribution in [0, 0.1) is 5.92 Å². The first-order valence-electron chi connectivity index (χ1n) is 10.3. The minimum absolute atomic E-state index is 0.276. The number of carbonyl (C=O) groups excluding carboxylic acids is 1. The van der Waals surface area contributed by atoms with Gasteiger partial charge in [-0.2, -0.15) is 5.10 Å². The molecular formula is C20H30N6O. The van der Waals surface area contributed by atoms with Gasteiger partial charge in [0.2, 0.25) is 5.91 Å². The van der Waals surface area contributed by atoms with Gasteiger partial charge in [0, 0.05) is 44.9 Å². The van der Waals surface area contributed by atoms with Crippen molar-refractivity contribution in [3.05, 3.63) is 30.1 Å². The number of amides is 1. The Hall–Kier alpha value is -2.18. The maximum atomic E-state index is 12.7. The number of rotatable bonds is 6. The molecule has 1 aliphatic carbocycles. The zero-order valence-corrected chi connectivity index (χ0v) is 16.3. The van der Waals surface area contributed by atoms with Crippen molar-refractivity contribution in [2.45, 2.75) is 63.8 Å². The van der Waals surface area contributed by atoms with Crippen LogP contribution < -0.4 is 0 Å². The zero-order chi connectivity index (χ0) is 18.6. The third-order valence-corrected chi connectivity index (χ3v) is 6.24. The van der Waals surface area contributed by atoms with Gasteiger partial charge in [0.05, 0.1) is 0 Å². The fourth-order valence-electron chi connectivity index (χ4n) is 4.61. The van der Waals surface area contributed by atoms with Crippen molar-refractivity contribution >= 4 is 5.91 Å². The molecule has 7 heteroatoms. The smallest absolute Gasteiger partial charge is 0.222 e. The molecular weight excluding hydrogens is 340 g/mol. The highest BCUT2D eigenvalue weighted by atomic mass is 16.2. The summed E-state index contributed by atoms with van der Waals surface area (Å²) in [5, 5.41) is 13.1. The quantitative estimate of drug-likeness (QED) is 0.784. The average Bonchev–Trinajstić information content (AvgIpc) is 3.44. The summed E-state index contributed by atoms with van der Waals surface area (Å²) in [5.74, 6) is 3.27. The number of hydrogen-bond acceptors (Lipinski definition) is 4. The van der Waals surface area contributed by atoms with Crippen molar-refractivity contribution in [2.75, 3.05) is 13.1 Å². The Balaban J connectivity index is 1.36. The predicted molar refractivity (Wildman–Crippen MR) is 102 cm³/mol. The molecule has 146 valence electrons. The van der Waals surface area contributed by atoms with E-state index in [0.29, 0.717) is 18.9 Å². The lowest BCUT2D eigenvalue weighted by atomic mass is 9.96. The van der Waals surface area contributed by atoms with Crippen LogP contribution in [0.25, 0.3) is 0 Å². The summed E-state index contributed by atoms with van der Waals surface area (Å²) >= 11 is 0. The highest BCUT2D eigenvalue weighted by Gasteiger charge is 2.28. The third-order valence-electron chi connectivity index (χ3n) is 6.24. The average molecular weight is 371 g/mol. The molecule has 1 aliphatic heterocycles. The van der Waals surface area contributed by atoms with Crippen LogP contribution in [0.2, 0.25) is 0 Å². The molecule has 1 atom stereocenters. The first-order chi connectivity index (χ1) is 13.2. The molecule has 2 aromatic heterocycles. The van der Waals surface area contributed by atoms with Gasteiger partial charge in [0.15, 0.2) is 5.82 Å². The first kappa shape index (κ1) is 18.2. The van der Waals surface area contributed by atoms with E-state index in [1.165, 1.54) is 25.7 Å². The van der Waals surface area contributed by atoms with Crippen LogP contribution in [0.1, 0.15) is 68.9 Å². The van der Waals surface area contributed by atoms with E-state index >= 15 is 0 Å². The Kier molecular flexibility index (Phi) is 5.55. The van der Waals surface area contributed by atoms with Crippen molar-refractivity contribution in [1.29, 1.82) is 0 Å². The van der Waals surface area contributed by atoms with Crippen LogP contribution >= 0.6 is 0 Å². The van der Waals surface area contributed by atoms with E-state index in [4.69, 9.17) is 0 Å². The van der Waals surface area contributed by atoms with Gasteiger partial charge in [-0.25, -0.2) is 0 Å². The van der Waals surface area contributed by atoms with E-state index in [1.807, 2.05) is 24.0 Å². The number of carbonyl (C=O) groups is 1. The molecule has 2 aliphatic rings. The Morgan fingerprint density at radius 3 is 2.81 bits per heavy atom. The number of nitrogens with zero attached hydrogens (tertiary/aromatic N) is 6. The fourth-order valence-corrected chi connectivity index (χ4v) is 4.61. The minimum atomic E-state index is 0.276. The highest BCUT2D eigenvalue weighted by Crippen LogP contribution is 2.30. The summed E-state index contributed by atoms with van der Waals surface area (Å²) in [7, 11) is 2.02. The summed E-state index contributed by atoms with van der Waals surface area (Å²) in [4.78, 5) is 14.8.